The number of ether oxygens (including phenoxy) is 3. The lowest BCUT2D eigenvalue weighted by Crippen LogP contribution is -2.21. The molecule has 0 radical (unpaired) electrons. The molecular weight excluding hydrogens is 436 g/mol. The molecule has 4 rings (SSSR count). The van der Waals surface area contributed by atoms with Gasteiger partial charge in [-0.15, -0.1) is 5.10 Å². The first-order valence-electron chi connectivity index (χ1n) is 8.71. The van der Waals surface area contributed by atoms with Crippen molar-refractivity contribution in [2.24, 2.45) is 5.73 Å². The molecule has 0 bridgehead atoms. The van der Waals surface area contributed by atoms with Gasteiger partial charge in [0, 0.05) is 4.47 Å². The van der Waals surface area contributed by atoms with Crippen LogP contribution < -0.4 is 19.9 Å². The van der Waals surface area contributed by atoms with Gasteiger partial charge in [-0.1, -0.05) is 46.3 Å². The molecule has 3 aromatic rings. The minimum Gasteiger partial charge on any atom is -0.493 e. The van der Waals surface area contributed by atoms with Crippen molar-refractivity contribution < 1.29 is 14.2 Å². The van der Waals surface area contributed by atoms with Gasteiger partial charge in [-0.25, -0.2) is 0 Å². The Morgan fingerprint density at radius 1 is 1.17 bits per heavy atom. The smallest absolute Gasteiger partial charge is 0.244 e. The van der Waals surface area contributed by atoms with Gasteiger partial charge >= 0.3 is 0 Å². The Morgan fingerprint density at radius 3 is 2.52 bits per heavy atom. The Bertz CT molecular complexity index is 1150. The van der Waals surface area contributed by atoms with Crippen molar-refractivity contribution in [1.29, 1.82) is 5.26 Å². The summed E-state index contributed by atoms with van der Waals surface area (Å²) >= 11 is 3.60. The van der Waals surface area contributed by atoms with Gasteiger partial charge in [0.1, 0.15) is 11.6 Å². The highest BCUT2D eigenvalue weighted by atomic mass is 79.9. The molecule has 0 spiro atoms. The standard InChI is InChI=1S/C21H17BrN4O3/c1-27-15-8-12(14(22)9-16(15)28-2)17-13(10-23)20(24)29-21-18(17)19(25-26-21)11-6-4-3-5-7-11/h3-9,17H,24H2,1-2H3,(H,25,26)/t17-/m0/s1. The second-order valence-electron chi connectivity index (χ2n) is 6.34. The molecule has 3 N–H and O–H groups in total. The number of nitriles is 1. The van der Waals surface area contributed by atoms with E-state index in [0.717, 1.165) is 26.9 Å². The molecule has 2 aromatic carbocycles. The second kappa shape index (κ2) is 7.53. The summed E-state index contributed by atoms with van der Waals surface area (Å²) in [6.45, 7) is 0. The van der Waals surface area contributed by atoms with Gasteiger partial charge in [0.2, 0.25) is 11.8 Å². The van der Waals surface area contributed by atoms with Crippen molar-refractivity contribution in [3.05, 3.63) is 69.5 Å². The zero-order valence-corrected chi connectivity index (χ0v) is 17.3. The summed E-state index contributed by atoms with van der Waals surface area (Å²) < 4.78 is 17.2. The summed E-state index contributed by atoms with van der Waals surface area (Å²) in [5.41, 5.74) is 9.55. The van der Waals surface area contributed by atoms with Gasteiger partial charge in [0.15, 0.2) is 11.5 Å². The van der Waals surface area contributed by atoms with Crippen LogP contribution in [-0.2, 0) is 0 Å². The number of methoxy groups -OCH3 is 2. The molecule has 1 atom stereocenters. The third-order valence-corrected chi connectivity index (χ3v) is 5.50. The zero-order chi connectivity index (χ0) is 20.5. The van der Waals surface area contributed by atoms with Gasteiger partial charge in [0.25, 0.3) is 0 Å². The largest absolute Gasteiger partial charge is 0.493 e. The summed E-state index contributed by atoms with van der Waals surface area (Å²) in [6.07, 6.45) is 0. The van der Waals surface area contributed by atoms with E-state index in [9.17, 15) is 5.26 Å². The fourth-order valence-corrected chi connectivity index (χ4v) is 4.02. The Hall–Kier alpha value is -3.44. The molecule has 146 valence electrons. The number of halogens is 1. The number of aromatic nitrogens is 2. The maximum Gasteiger partial charge on any atom is 0.244 e. The highest BCUT2D eigenvalue weighted by Gasteiger charge is 2.37. The highest BCUT2D eigenvalue weighted by Crippen LogP contribution is 2.49. The van der Waals surface area contributed by atoms with Crippen LogP contribution in [0.1, 0.15) is 17.0 Å². The molecule has 1 aromatic heterocycles. The third kappa shape index (κ3) is 3.09. The van der Waals surface area contributed by atoms with Gasteiger partial charge < -0.3 is 19.9 Å². The number of hydrogen-bond acceptors (Lipinski definition) is 6. The fraction of sp³-hybridized carbons (Fsp3) is 0.143. The number of aromatic amines is 1. The number of allylic oxidation sites excluding steroid dienone is 1. The van der Waals surface area contributed by atoms with E-state index < -0.39 is 5.92 Å². The molecule has 1 aliphatic rings. The van der Waals surface area contributed by atoms with E-state index >= 15 is 0 Å². The molecule has 0 saturated heterocycles. The number of H-pyrrole nitrogens is 1. The van der Waals surface area contributed by atoms with Crippen molar-refractivity contribution in [3.8, 4) is 34.7 Å². The Morgan fingerprint density at radius 2 is 1.86 bits per heavy atom. The number of fused-ring (bicyclic) bond motifs is 1. The number of nitrogens with one attached hydrogen (secondary N) is 1. The Balaban J connectivity index is 1.99. The predicted octanol–water partition coefficient (Wildman–Crippen LogP) is 4.07. The second-order valence-corrected chi connectivity index (χ2v) is 7.19. The van der Waals surface area contributed by atoms with Crippen LogP contribution >= 0.6 is 15.9 Å². The number of hydrogen-bond donors (Lipinski definition) is 2. The summed E-state index contributed by atoms with van der Waals surface area (Å²) in [5, 5.41) is 17.2. The Kier molecular flexibility index (Phi) is 4.91. The highest BCUT2D eigenvalue weighted by molar-refractivity contribution is 9.10. The summed E-state index contributed by atoms with van der Waals surface area (Å²) in [4.78, 5) is 0. The van der Waals surface area contributed by atoms with Crippen LogP contribution in [0.3, 0.4) is 0 Å². The summed E-state index contributed by atoms with van der Waals surface area (Å²) in [6, 6.07) is 15.6. The lowest BCUT2D eigenvalue weighted by molar-refractivity contribution is 0.353. The van der Waals surface area contributed by atoms with E-state index in [4.69, 9.17) is 19.9 Å². The fourth-order valence-electron chi connectivity index (χ4n) is 3.47. The van der Waals surface area contributed by atoms with E-state index in [1.807, 2.05) is 36.4 Å². The third-order valence-electron chi connectivity index (χ3n) is 4.82. The molecule has 0 fully saturated rings. The topological polar surface area (TPSA) is 106 Å². The van der Waals surface area contributed by atoms with Crippen molar-refractivity contribution in [2.45, 2.75) is 5.92 Å². The molecule has 2 heterocycles. The first kappa shape index (κ1) is 18.9. The maximum atomic E-state index is 9.87. The van der Waals surface area contributed by atoms with Gasteiger partial charge in [-0.05, 0) is 23.3 Å². The van der Waals surface area contributed by atoms with E-state index in [1.165, 1.54) is 0 Å². The van der Waals surface area contributed by atoms with E-state index in [-0.39, 0.29) is 5.88 Å². The molecular formula is C21H17BrN4O3. The number of nitrogens with two attached hydrogens (primary N) is 1. The molecule has 8 heteroatoms. The van der Waals surface area contributed by atoms with Gasteiger partial charge in [-0.2, -0.15) is 5.26 Å². The van der Waals surface area contributed by atoms with Crippen molar-refractivity contribution in [3.63, 3.8) is 0 Å². The predicted molar refractivity (Wildman–Crippen MR) is 111 cm³/mol. The lowest BCUT2D eigenvalue weighted by Gasteiger charge is -2.25. The van der Waals surface area contributed by atoms with E-state index in [2.05, 4.69) is 32.2 Å². The quantitative estimate of drug-likeness (QED) is 0.617. The monoisotopic (exact) mass is 452 g/mol. The van der Waals surface area contributed by atoms with Crippen LogP contribution in [0.25, 0.3) is 11.3 Å². The number of benzene rings is 2. The van der Waals surface area contributed by atoms with Crippen LogP contribution in [0.4, 0.5) is 0 Å². The average molecular weight is 453 g/mol. The lowest BCUT2D eigenvalue weighted by atomic mass is 9.83. The first-order valence-corrected chi connectivity index (χ1v) is 9.51. The van der Waals surface area contributed by atoms with E-state index in [0.29, 0.717) is 23.0 Å². The van der Waals surface area contributed by atoms with Crippen LogP contribution in [0.2, 0.25) is 0 Å². The van der Waals surface area contributed by atoms with Crippen molar-refractivity contribution in [1.82, 2.24) is 10.2 Å². The van der Waals surface area contributed by atoms with Crippen LogP contribution in [0.15, 0.2) is 58.4 Å². The van der Waals surface area contributed by atoms with Gasteiger partial charge in [0.05, 0.1) is 31.4 Å². The number of rotatable bonds is 4. The summed E-state index contributed by atoms with van der Waals surface area (Å²) in [5.74, 6) is 0.970. The molecule has 0 amide bonds. The van der Waals surface area contributed by atoms with Crippen molar-refractivity contribution >= 4 is 15.9 Å². The first-order chi connectivity index (χ1) is 14.1. The normalized spacial score (nSPS) is 15.3. The minimum atomic E-state index is -0.508. The molecule has 0 unspecified atom stereocenters. The van der Waals surface area contributed by atoms with Crippen molar-refractivity contribution in [2.75, 3.05) is 14.2 Å². The molecule has 0 aliphatic carbocycles. The molecule has 0 saturated carbocycles. The SMILES string of the molecule is COc1cc(Br)c([C@H]2C(C#N)=C(N)Oc3n[nH]c(-c4ccccc4)c32)cc1OC. The van der Waals surface area contributed by atoms with Crippen LogP contribution in [-0.4, -0.2) is 24.4 Å². The van der Waals surface area contributed by atoms with Crippen LogP contribution in [0.5, 0.6) is 17.4 Å². The minimum absolute atomic E-state index is 0.0257. The average Bonchev–Trinajstić information content (AvgIpc) is 3.16. The zero-order valence-electron chi connectivity index (χ0n) is 15.7. The molecule has 1 aliphatic heterocycles. The van der Waals surface area contributed by atoms with Gasteiger partial charge in [-0.3, -0.25) is 5.10 Å². The maximum absolute atomic E-state index is 9.87. The Labute approximate surface area is 175 Å². The summed E-state index contributed by atoms with van der Waals surface area (Å²) in [7, 11) is 3.13. The molecule has 7 nitrogen and oxygen atoms in total. The van der Waals surface area contributed by atoms with Crippen LogP contribution in [0, 0.1) is 11.3 Å². The molecule has 29 heavy (non-hydrogen) atoms. The van der Waals surface area contributed by atoms with E-state index in [1.54, 1.807) is 20.3 Å². The number of nitrogens with zero attached hydrogens (tertiary/aromatic N) is 2.